The van der Waals surface area contributed by atoms with Crippen molar-refractivity contribution < 1.29 is 0 Å². The first-order chi connectivity index (χ1) is 16.7. The highest BCUT2D eigenvalue weighted by molar-refractivity contribution is 7.23. The number of aryl methyl sites for hydroxylation is 2. The van der Waals surface area contributed by atoms with Gasteiger partial charge < -0.3 is 0 Å². The summed E-state index contributed by atoms with van der Waals surface area (Å²) in [5, 5.41) is 0. The molecule has 0 amide bonds. The monoisotopic (exact) mass is 500 g/mol. The molecule has 0 aliphatic rings. The Bertz CT molecular complexity index is 1200. The second-order valence-corrected chi connectivity index (χ2v) is 13.7. The number of hydrogen-bond acceptors (Lipinski definition) is 2. The topological polar surface area (TPSA) is 0 Å². The fourth-order valence-corrected chi connectivity index (χ4v) is 6.75. The molecule has 0 N–H and O–H groups in total. The average molecular weight is 501 g/mol. The third kappa shape index (κ3) is 6.96. The van der Waals surface area contributed by atoms with Gasteiger partial charge in [0.05, 0.1) is 0 Å². The summed E-state index contributed by atoms with van der Waals surface area (Å²) in [4.78, 5) is 5.46. The fourth-order valence-electron chi connectivity index (χ4n) is 4.78. The van der Waals surface area contributed by atoms with Crippen LogP contribution in [-0.4, -0.2) is 0 Å². The molecular formula is C33H40S2. The van der Waals surface area contributed by atoms with Crippen LogP contribution >= 0.6 is 22.7 Å². The summed E-state index contributed by atoms with van der Waals surface area (Å²) in [5.74, 6) is 1.37. The molecule has 2 aromatic heterocycles. The summed E-state index contributed by atoms with van der Waals surface area (Å²) in [7, 11) is 0. The van der Waals surface area contributed by atoms with Crippen LogP contribution in [0.25, 0.3) is 20.2 Å². The van der Waals surface area contributed by atoms with Gasteiger partial charge in [-0.2, -0.15) is 0 Å². The molecule has 184 valence electrons. The largest absolute Gasteiger partial charge is 0.140 e. The normalized spacial score (nSPS) is 12.9. The van der Waals surface area contributed by atoms with Gasteiger partial charge in [0.25, 0.3) is 0 Å². The summed E-state index contributed by atoms with van der Waals surface area (Å²) in [6.07, 6.45) is 4.84. The third-order valence-electron chi connectivity index (χ3n) is 7.38. The van der Waals surface area contributed by atoms with E-state index < -0.39 is 0 Å². The smallest absolute Gasteiger partial charge is 0.0449 e. The minimum absolute atomic E-state index is 0.301. The van der Waals surface area contributed by atoms with E-state index in [1.165, 1.54) is 54.6 Å². The molecule has 2 heteroatoms. The van der Waals surface area contributed by atoms with E-state index in [0.717, 1.165) is 18.8 Å². The minimum atomic E-state index is 0.301. The Morgan fingerprint density at radius 3 is 1.77 bits per heavy atom. The molecule has 0 saturated carbocycles. The van der Waals surface area contributed by atoms with E-state index in [0.29, 0.717) is 11.3 Å². The Morgan fingerprint density at radius 2 is 1.20 bits per heavy atom. The van der Waals surface area contributed by atoms with Crippen LogP contribution in [0.4, 0.5) is 0 Å². The quantitative estimate of drug-likeness (QED) is 0.203. The zero-order valence-electron chi connectivity index (χ0n) is 22.2. The SMILES string of the molecule is Cc1ccc(CC(Cc2ccc(-c3ccc(-c4ccc(C)s4)s3)cc2)C(C)(C)CCC(C)C)cc1. The van der Waals surface area contributed by atoms with Gasteiger partial charge in [0.1, 0.15) is 0 Å². The van der Waals surface area contributed by atoms with Gasteiger partial charge in [-0.3, -0.25) is 0 Å². The molecular weight excluding hydrogens is 460 g/mol. The zero-order chi connectivity index (χ0) is 25.0. The number of rotatable bonds is 10. The van der Waals surface area contributed by atoms with E-state index >= 15 is 0 Å². The Balaban J connectivity index is 1.51. The first-order valence-corrected chi connectivity index (χ1v) is 14.6. The molecule has 35 heavy (non-hydrogen) atoms. The van der Waals surface area contributed by atoms with Crippen LogP contribution in [0.2, 0.25) is 0 Å². The van der Waals surface area contributed by atoms with E-state index in [4.69, 9.17) is 0 Å². The standard InChI is InChI=1S/C33H40S2/c1-23(2)19-20-33(5,6)29(21-26-10-7-24(3)8-11-26)22-27-12-14-28(15-13-27)30-17-18-32(35-30)31-16-9-25(4)34-31/h7-18,23,29H,19-22H2,1-6H3. The van der Waals surface area contributed by atoms with Crippen LogP contribution in [0, 0.1) is 31.1 Å². The van der Waals surface area contributed by atoms with Gasteiger partial charge in [0.2, 0.25) is 0 Å². The van der Waals surface area contributed by atoms with Crippen LogP contribution in [0.15, 0.2) is 72.8 Å². The summed E-state index contributed by atoms with van der Waals surface area (Å²) < 4.78 is 0. The maximum absolute atomic E-state index is 2.49. The van der Waals surface area contributed by atoms with Crippen molar-refractivity contribution in [2.75, 3.05) is 0 Å². The first kappa shape index (κ1) is 25.9. The molecule has 2 aromatic carbocycles. The first-order valence-electron chi connectivity index (χ1n) is 13.0. The predicted octanol–water partition coefficient (Wildman–Crippen LogP) is 10.6. The molecule has 0 bridgehead atoms. The van der Waals surface area contributed by atoms with Crippen molar-refractivity contribution in [1.29, 1.82) is 0 Å². The Labute approximate surface area is 221 Å². The van der Waals surface area contributed by atoms with Crippen molar-refractivity contribution in [3.63, 3.8) is 0 Å². The molecule has 4 aromatic rings. The molecule has 0 radical (unpaired) electrons. The van der Waals surface area contributed by atoms with Gasteiger partial charge >= 0.3 is 0 Å². The van der Waals surface area contributed by atoms with Gasteiger partial charge in [0.15, 0.2) is 0 Å². The lowest BCUT2D eigenvalue weighted by Gasteiger charge is -2.36. The van der Waals surface area contributed by atoms with Crippen molar-refractivity contribution in [3.8, 4) is 20.2 Å². The molecule has 1 unspecified atom stereocenters. The lowest BCUT2D eigenvalue weighted by Crippen LogP contribution is -2.28. The van der Waals surface area contributed by atoms with E-state index in [9.17, 15) is 0 Å². The second-order valence-electron chi connectivity index (χ2n) is 11.3. The predicted molar refractivity (Wildman–Crippen MR) is 158 cm³/mol. The molecule has 0 fully saturated rings. The van der Waals surface area contributed by atoms with E-state index in [-0.39, 0.29) is 0 Å². The second kappa shape index (κ2) is 11.3. The lowest BCUT2D eigenvalue weighted by atomic mass is 9.69. The molecule has 0 aliphatic heterocycles. The van der Waals surface area contributed by atoms with E-state index in [1.54, 1.807) is 0 Å². The Hall–Kier alpha value is -2.16. The molecule has 0 saturated heterocycles. The number of hydrogen-bond donors (Lipinski definition) is 0. The van der Waals surface area contributed by atoms with E-state index in [1.807, 2.05) is 22.7 Å². The highest BCUT2D eigenvalue weighted by atomic mass is 32.1. The highest BCUT2D eigenvalue weighted by Gasteiger charge is 2.29. The van der Waals surface area contributed by atoms with Crippen LogP contribution in [0.1, 0.15) is 62.1 Å². The van der Waals surface area contributed by atoms with E-state index in [2.05, 4.69) is 114 Å². The summed E-state index contributed by atoms with van der Waals surface area (Å²) in [6.45, 7) is 14.0. The van der Waals surface area contributed by atoms with Crippen molar-refractivity contribution >= 4 is 22.7 Å². The molecule has 4 rings (SSSR count). The average Bonchev–Trinajstić information content (AvgIpc) is 3.48. The van der Waals surface area contributed by atoms with Crippen LogP contribution in [0.5, 0.6) is 0 Å². The Morgan fingerprint density at radius 1 is 0.657 bits per heavy atom. The van der Waals surface area contributed by atoms with Crippen LogP contribution < -0.4 is 0 Å². The van der Waals surface area contributed by atoms with Crippen LogP contribution in [0.3, 0.4) is 0 Å². The zero-order valence-corrected chi connectivity index (χ0v) is 23.9. The van der Waals surface area contributed by atoms with Crippen molar-refractivity contribution in [3.05, 3.63) is 94.4 Å². The molecule has 0 spiro atoms. The summed E-state index contributed by atoms with van der Waals surface area (Å²) in [6, 6.07) is 27.6. The Kier molecular flexibility index (Phi) is 8.34. The number of benzene rings is 2. The lowest BCUT2D eigenvalue weighted by molar-refractivity contribution is 0.179. The summed E-state index contributed by atoms with van der Waals surface area (Å²) >= 11 is 3.78. The van der Waals surface area contributed by atoms with Gasteiger partial charge in [-0.15, -0.1) is 22.7 Å². The molecule has 1 atom stereocenters. The fraction of sp³-hybridized carbons (Fsp3) is 0.394. The maximum atomic E-state index is 2.49. The molecule has 2 heterocycles. The van der Waals surface area contributed by atoms with Crippen molar-refractivity contribution in [1.82, 2.24) is 0 Å². The molecule has 0 aliphatic carbocycles. The number of thiophene rings is 2. The van der Waals surface area contributed by atoms with Gasteiger partial charge in [0, 0.05) is 19.5 Å². The molecule has 0 nitrogen and oxygen atoms in total. The minimum Gasteiger partial charge on any atom is -0.140 e. The summed E-state index contributed by atoms with van der Waals surface area (Å²) in [5.41, 5.74) is 5.88. The van der Waals surface area contributed by atoms with Gasteiger partial charge in [-0.05, 0) is 91.3 Å². The van der Waals surface area contributed by atoms with Crippen molar-refractivity contribution in [2.45, 2.75) is 67.2 Å². The highest BCUT2D eigenvalue weighted by Crippen LogP contribution is 2.40. The maximum Gasteiger partial charge on any atom is 0.0449 e. The van der Waals surface area contributed by atoms with Crippen molar-refractivity contribution in [2.24, 2.45) is 17.3 Å². The van der Waals surface area contributed by atoms with Crippen LogP contribution in [-0.2, 0) is 12.8 Å². The van der Waals surface area contributed by atoms with Gasteiger partial charge in [-0.25, -0.2) is 0 Å². The third-order valence-corrected chi connectivity index (χ3v) is 9.71. The van der Waals surface area contributed by atoms with Gasteiger partial charge in [-0.1, -0.05) is 88.2 Å².